The predicted octanol–water partition coefficient (Wildman–Crippen LogP) is 3.53. The topological polar surface area (TPSA) is 54.4 Å². The molecule has 0 fully saturated rings. The summed E-state index contributed by atoms with van der Waals surface area (Å²) in [5.41, 5.74) is 2.95. The van der Waals surface area contributed by atoms with Crippen LogP contribution < -0.4 is 2.81 Å². The van der Waals surface area contributed by atoms with Gasteiger partial charge in [0.05, 0.1) is 0 Å². The van der Waals surface area contributed by atoms with Gasteiger partial charge in [-0.05, 0) is 0 Å². The van der Waals surface area contributed by atoms with Crippen molar-refractivity contribution in [1.29, 1.82) is 0 Å². The first-order valence-electron chi connectivity index (χ1n) is 7.86. The first-order chi connectivity index (χ1) is 12.0. The normalized spacial score (nSPS) is 12.2. The number of rotatable bonds is 4. The van der Waals surface area contributed by atoms with Crippen LogP contribution in [-0.2, 0) is 10.1 Å². The Morgan fingerprint density at radius 3 is 2.12 bits per heavy atom. The average molecular weight is 358 g/mol. The van der Waals surface area contributed by atoms with Crippen molar-refractivity contribution in [2.75, 3.05) is 0 Å². The third-order valence-corrected chi connectivity index (χ3v) is 5.83. The summed E-state index contributed by atoms with van der Waals surface area (Å²) in [6.07, 6.45) is 1.55. The fourth-order valence-corrected chi connectivity index (χ4v) is 3.98. The van der Waals surface area contributed by atoms with Crippen molar-refractivity contribution in [3.63, 3.8) is 0 Å². The summed E-state index contributed by atoms with van der Waals surface area (Å²) < 4.78 is 35.2. The average Bonchev–Trinajstić information content (AvgIpc) is 2.61. The molecular weight excluding hydrogens is 343 g/mol. The second-order valence-electron chi connectivity index (χ2n) is 5.75. The molecule has 0 atom stereocenters. The van der Waals surface area contributed by atoms with E-state index in [1.807, 2.05) is 66.7 Å². The molecule has 0 spiro atoms. The minimum atomic E-state index is -4.39. The zero-order valence-electron chi connectivity index (χ0n) is 13.8. The van der Waals surface area contributed by atoms with Gasteiger partial charge in [0, 0.05) is 0 Å². The third-order valence-electron chi connectivity index (χ3n) is 4.03. The molecule has 120 valence electrons. The molecule has 0 bridgehead atoms. The molecule has 3 nitrogen and oxygen atoms in total. The van der Waals surface area contributed by atoms with Crippen LogP contribution >= 0.6 is 0 Å². The summed E-state index contributed by atoms with van der Waals surface area (Å²) in [5.74, 6) is 0. The fourth-order valence-electron chi connectivity index (χ4n) is 2.75. The maximum atomic E-state index is 12.1. The van der Waals surface area contributed by atoms with E-state index in [4.69, 9.17) is 0 Å². The standard InChI is InChI=1S/C20H15O3S.Na/c21-24(22,23)20(15-16-9-3-1-4-10-16)19-14-8-7-13-18(19)17-11-5-2-6-12-17;/h1-9,11-15H,(H,21,22,23);. The zero-order chi connectivity index (χ0) is 17.9. The van der Waals surface area contributed by atoms with Crippen molar-refractivity contribution >= 4 is 51.8 Å². The Kier molecular flexibility index (Phi) is 5.57. The van der Waals surface area contributed by atoms with Crippen LogP contribution in [0, 0.1) is 0 Å². The second-order valence-corrected chi connectivity index (χ2v) is 8.22. The summed E-state index contributed by atoms with van der Waals surface area (Å²) in [5, 5.41) is 0. The van der Waals surface area contributed by atoms with Crippen molar-refractivity contribution in [2.45, 2.75) is 0 Å². The van der Waals surface area contributed by atoms with Gasteiger partial charge < -0.3 is 0 Å². The van der Waals surface area contributed by atoms with Crippen molar-refractivity contribution in [3.8, 4) is 11.1 Å². The van der Waals surface area contributed by atoms with Crippen LogP contribution in [0.15, 0.2) is 78.9 Å². The van der Waals surface area contributed by atoms with E-state index in [0.717, 1.165) is 47.4 Å². The first-order valence-corrected chi connectivity index (χ1v) is 10.3. The Labute approximate surface area is 165 Å². The molecule has 1 N–H and O–H groups in total. The third kappa shape index (κ3) is 4.29. The molecule has 3 aromatic carbocycles. The fraction of sp³-hybridized carbons (Fsp3) is 0. The van der Waals surface area contributed by atoms with Crippen molar-refractivity contribution in [3.05, 3.63) is 90.0 Å². The van der Waals surface area contributed by atoms with Crippen LogP contribution in [0.1, 0.15) is 11.1 Å². The molecule has 0 saturated heterocycles. The van der Waals surface area contributed by atoms with Crippen molar-refractivity contribution in [2.24, 2.45) is 0 Å². The molecule has 0 aliphatic rings. The quantitative estimate of drug-likeness (QED) is 0.441. The van der Waals surface area contributed by atoms with Crippen LogP contribution in [0.3, 0.4) is 0 Å². The van der Waals surface area contributed by atoms with Crippen LogP contribution in [0.25, 0.3) is 22.1 Å². The Bertz CT molecular complexity index is 1030. The van der Waals surface area contributed by atoms with Crippen molar-refractivity contribution < 1.29 is 13.0 Å². The summed E-state index contributed by atoms with van der Waals surface area (Å²) in [6, 6.07) is 24.3. The van der Waals surface area contributed by atoms with Gasteiger partial charge in [0.15, 0.2) is 0 Å². The van der Waals surface area contributed by atoms with Gasteiger partial charge in [-0.2, -0.15) is 0 Å². The van der Waals surface area contributed by atoms with Gasteiger partial charge in [-0.25, -0.2) is 0 Å². The monoisotopic (exact) mass is 358 g/mol. The molecule has 5 heteroatoms. The van der Waals surface area contributed by atoms with Crippen LogP contribution in [0.2, 0.25) is 0 Å². The molecular formula is C20H15NaO3S. The SMILES string of the molecule is O=S(=O)(O)C(=Cc1cccc[c]1[Na])c1ccccc1-c1ccccc1. The Balaban J connectivity index is 2.26. The molecule has 0 unspecified atom stereocenters. The van der Waals surface area contributed by atoms with Crippen LogP contribution in [0.5, 0.6) is 0 Å². The second kappa shape index (κ2) is 7.68. The Morgan fingerprint density at radius 2 is 1.44 bits per heavy atom. The molecule has 0 amide bonds. The Hall–Kier alpha value is -1.69. The van der Waals surface area contributed by atoms with E-state index in [1.165, 1.54) is 0 Å². The molecule has 0 heterocycles. The van der Waals surface area contributed by atoms with Gasteiger partial charge >= 0.3 is 166 Å². The molecule has 0 radical (unpaired) electrons. The zero-order valence-corrected chi connectivity index (χ0v) is 16.6. The van der Waals surface area contributed by atoms with E-state index in [9.17, 15) is 13.0 Å². The number of hydrogen-bond donors (Lipinski definition) is 1. The van der Waals surface area contributed by atoms with Gasteiger partial charge in [0.2, 0.25) is 0 Å². The van der Waals surface area contributed by atoms with E-state index in [2.05, 4.69) is 0 Å². The summed E-state index contributed by atoms with van der Waals surface area (Å²) in [7, 11) is -4.39. The minimum absolute atomic E-state index is 0.0877. The van der Waals surface area contributed by atoms with Crippen LogP contribution in [-0.4, -0.2) is 40.9 Å². The number of benzene rings is 3. The van der Waals surface area contributed by atoms with Gasteiger partial charge in [-0.1, -0.05) is 0 Å². The Morgan fingerprint density at radius 1 is 0.840 bits per heavy atom. The molecule has 0 saturated carbocycles. The summed E-state index contributed by atoms with van der Waals surface area (Å²) >= 11 is 0.783. The van der Waals surface area contributed by atoms with E-state index < -0.39 is 10.1 Å². The molecule has 3 aromatic rings. The molecule has 0 aliphatic carbocycles. The van der Waals surface area contributed by atoms with Gasteiger partial charge in [0.25, 0.3) is 0 Å². The molecule has 25 heavy (non-hydrogen) atoms. The molecule has 0 aliphatic heterocycles. The first kappa shape index (κ1) is 18.1. The van der Waals surface area contributed by atoms with Gasteiger partial charge in [0.1, 0.15) is 0 Å². The maximum absolute atomic E-state index is 12.1. The van der Waals surface area contributed by atoms with E-state index >= 15 is 0 Å². The van der Waals surface area contributed by atoms with E-state index in [-0.39, 0.29) is 4.91 Å². The predicted molar refractivity (Wildman–Crippen MR) is 103 cm³/mol. The number of hydrogen-bond acceptors (Lipinski definition) is 2. The molecule has 0 aromatic heterocycles. The van der Waals surface area contributed by atoms with Gasteiger partial charge in [-0.15, -0.1) is 0 Å². The summed E-state index contributed by atoms with van der Waals surface area (Å²) in [4.78, 5) is -0.0877. The van der Waals surface area contributed by atoms with Crippen molar-refractivity contribution in [1.82, 2.24) is 0 Å². The van der Waals surface area contributed by atoms with E-state index in [1.54, 1.807) is 18.2 Å². The van der Waals surface area contributed by atoms with Crippen LogP contribution in [0.4, 0.5) is 0 Å². The summed E-state index contributed by atoms with van der Waals surface area (Å²) in [6.45, 7) is 0. The molecule has 3 rings (SSSR count). The van der Waals surface area contributed by atoms with E-state index in [0.29, 0.717) is 5.56 Å². The van der Waals surface area contributed by atoms with Gasteiger partial charge in [-0.3, -0.25) is 0 Å².